The maximum Gasteiger partial charge on any atom is 0.160 e. The van der Waals surface area contributed by atoms with Crippen molar-refractivity contribution in [2.45, 2.75) is 0 Å². The maximum absolute atomic E-state index is 9.44. The molecule has 0 unspecified atom stereocenters. The van der Waals surface area contributed by atoms with Crippen LogP contribution in [0, 0.1) is 5.41 Å². The Balaban J connectivity index is 0.985. The molecule has 0 bridgehead atoms. The fourth-order valence-electron chi connectivity index (χ4n) is 9.27. The summed E-state index contributed by atoms with van der Waals surface area (Å²) in [4.78, 5) is 15.3. The summed E-state index contributed by atoms with van der Waals surface area (Å²) in [6.07, 6.45) is 0. The van der Waals surface area contributed by atoms with Gasteiger partial charge in [0.25, 0.3) is 0 Å². The quantitative estimate of drug-likeness (QED) is 0.118. The highest BCUT2D eigenvalue weighted by Crippen LogP contribution is 2.39. The average molecular weight is 860 g/mol. The van der Waals surface area contributed by atoms with Crippen LogP contribution in [0.2, 0.25) is 0 Å². The Bertz CT molecular complexity index is 3760. The summed E-state index contributed by atoms with van der Waals surface area (Å²) in [5.41, 5.74) is 17.3. The van der Waals surface area contributed by atoms with Gasteiger partial charge in [-0.05, 0) is 65.7 Å². The first-order valence-corrected chi connectivity index (χ1v) is 22.4. The predicted molar refractivity (Wildman–Crippen MR) is 277 cm³/mol. The van der Waals surface area contributed by atoms with E-state index < -0.39 is 0 Å². The first-order chi connectivity index (χ1) is 33.1. The fraction of sp³-hybridized carbons (Fsp3) is 0. The number of aliphatic imine (C=N–C) groups is 1. The van der Waals surface area contributed by atoms with Crippen molar-refractivity contribution in [1.82, 2.24) is 19.2 Å². The highest BCUT2D eigenvalue weighted by molar-refractivity contribution is 6.20. The molecule has 0 amide bonds. The summed E-state index contributed by atoms with van der Waals surface area (Å²) >= 11 is 0. The zero-order valence-electron chi connectivity index (χ0n) is 36.3. The lowest BCUT2D eigenvalue weighted by atomic mass is 9.99. The lowest BCUT2D eigenvalue weighted by molar-refractivity contribution is 1.08. The van der Waals surface area contributed by atoms with Gasteiger partial charge in [0.15, 0.2) is 17.5 Å². The molecular weight excluding hydrogens is 819 g/mol. The van der Waals surface area contributed by atoms with Crippen LogP contribution in [0.4, 0.5) is 0 Å². The molecule has 67 heavy (non-hydrogen) atoms. The van der Waals surface area contributed by atoms with Gasteiger partial charge < -0.3 is 4.57 Å². The molecule has 9 aromatic carbocycles. The third-order valence-electron chi connectivity index (χ3n) is 12.5. The number of rotatable bonds is 8. The molecule has 2 N–H and O–H groups in total. The molecule has 3 heterocycles. The minimum atomic E-state index is 0.162. The van der Waals surface area contributed by atoms with Crippen LogP contribution in [0.15, 0.2) is 242 Å². The molecule has 316 valence electrons. The van der Waals surface area contributed by atoms with Gasteiger partial charge in [-0.1, -0.05) is 182 Å². The van der Waals surface area contributed by atoms with Crippen LogP contribution in [0.1, 0.15) is 11.1 Å². The maximum atomic E-state index is 9.44. The Labute approximate surface area is 387 Å². The zero-order valence-corrected chi connectivity index (χ0v) is 36.3. The van der Waals surface area contributed by atoms with E-state index in [0.717, 1.165) is 99.6 Å². The van der Waals surface area contributed by atoms with Crippen molar-refractivity contribution in [3.05, 3.63) is 248 Å². The smallest absolute Gasteiger partial charge is 0.160 e. The largest absolute Gasteiger partial charge is 0.309 e. The number of benzene rings is 9. The highest BCUT2D eigenvalue weighted by Gasteiger charge is 2.20. The van der Waals surface area contributed by atoms with E-state index in [2.05, 4.69) is 142 Å². The van der Waals surface area contributed by atoms with Gasteiger partial charge in [0.1, 0.15) is 0 Å². The van der Waals surface area contributed by atoms with E-state index in [-0.39, 0.29) is 5.84 Å². The van der Waals surface area contributed by atoms with Crippen LogP contribution in [0.3, 0.4) is 0 Å². The monoisotopic (exact) mass is 859 g/mol. The van der Waals surface area contributed by atoms with Crippen molar-refractivity contribution in [2.75, 3.05) is 5.43 Å². The molecule has 3 aromatic heterocycles. The molecular formula is C60H41N7. The van der Waals surface area contributed by atoms with Gasteiger partial charge in [-0.15, -0.1) is 0 Å². The second kappa shape index (κ2) is 16.7. The molecule has 0 radical (unpaired) electrons. The van der Waals surface area contributed by atoms with Crippen LogP contribution < -0.4 is 5.43 Å². The number of aromatic nitrogens is 4. The minimum absolute atomic E-state index is 0.162. The average Bonchev–Trinajstić information content (AvgIpc) is 3.89. The summed E-state index contributed by atoms with van der Waals surface area (Å²) in [5, 5.41) is 13.9. The van der Waals surface area contributed by atoms with E-state index in [1.807, 2.05) is 109 Å². The third-order valence-corrected chi connectivity index (χ3v) is 12.5. The summed E-state index contributed by atoms with van der Waals surface area (Å²) in [7, 11) is 0. The number of nitrogens with one attached hydrogen (secondary N) is 2. The normalized spacial score (nSPS) is 11.7. The van der Waals surface area contributed by atoms with Crippen molar-refractivity contribution < 1.29 is 0 Å². The van der Waals surface area contributed by atoms with E-state index in [1.54, 1.807) is 0 Å². The molecule has 0 saturated heterocycles. The van der Waals surface area contributed by atoms with Gasteiger partial charge in [0.05, 0.1) is 33.5 Å². The molecule has 0 aliphatic rings. The van der Waals surface area contributed by atoms with Crippen molar-refractivity contribution in [1.29, 1.82) is 5.41 Å². The van der Waals surface area contributed by atoms with E-state index in [9.17, 15) is 5.41 Å². The number of fused-ring (bicyclic) bond motifs is 6. The summed E-state index contributed by atoms with van der Waals surface area (Å²) in [6, 6.07) is 81.1. The second-order valence-corrected chi connectivity index (χ2v) is 16.5. The second-order valence-electron chi connectivity index (χ2n) is 16.5. The first kappa shape index (κ1) is 39.4. The van der Waals surface area contributed by atoms with Gasteiger partial charge in [0.2, 0.25) is 0 Å². The van der Waals surface area contributed by atoms with Gasteiger partial charge in [-0.3, -0.25) is 15.5 Å². The van der Waals surface area contributed by atoms with Crippen LogP contribution in [-0.2, 0) is 0 Å². The number of nitrogens with zero attached hydrogens (tertiary/aromatic N) is 5. The molecule has 0 spiro atoms. The van der Waals surface area contributed by atoms with Gasteiger partial charge >= 0.3 is 0 Å². The molecule has 0 aliphatic carbocycles. The van der Waals surface area contributed by atoms with Crippen LogP contribution in [0.5, 0.6) is 0 Å². The Morgan fingerprint density at radius 2 is 0.925 bits per heavy atom. The summed E-state index contributed by atoms with van der Waals surface area (Å²) in [6.45, 7) is 0. The number of hydrogen-bond acceptors (Lipinski definition) is 3. The van der Waals surface area contributed by atoms with Gasteiger partial charge in [-0.25, -0.2) is 15.0 Å². The highest BCUT2D eigenvalue weighted by atomic mass is 15.4. The van der Waals surface area contributed by atoms with Crippen molar-refractivity contribution >= 4 is 55.3 Å². The Morgan fingerprint density at radius 3 is 1.58 bits per heavy atom. The fourth-order valence-corrected chi connectivity index (χ4v) is 9.27. The van der Waals surface area contributed by atoms with Crippen LogP contribution in [-0.4, -0.2) is 30.9 Å². The zero-order chi connectivity index (χ0) is 44.7. The van der Waals surface area contributed by atoms with Crippen LogP contribution in [0.25, 0.3) is 94.3 Å². The topological polar surface area (TPSA) is 83.9 Å². The van der Waals surface area contributed by atoms with Gasteiger partial charge in [0, 0.05) is 55.0 Å². The number of hydrogen-bond donors (Lipinski definition) is 2. The van der Waals surface area contributed by atoms with Crippen molar-refractivity contribution in [2.24, 2.45) is 4.99 Å². The van der Waals surface area contributed by atoms with Gasteiger partial charge in [-0.2, -0.15) is 0 Å². The Hall–Kier alpha value is -9.20. The number of para-hydroxylation sites is 2. The summed E-state index contributed by atoms with van der Waals surface area (Å²) < 4.78 is 4.48. The van der Waals surface area contributed by atoms with E-state index >= 15 is 0 Å². The lowest BCUT2D eigenvalue weighted by Crippen LogP contribution is -2.25. The minimum Gasteiger partial charge on any atom is -0.309 e. The van der Waals surface area contributed by atoms with Crippen LogP contribution >= 0.6 is 0 Å². The molecule has 12 rings (SSSR count). The van der Waals surface area contributed by atoms with E-state index in [0.29, 0.717) is 11.7 Å². The summed E-state index contributed by atoms with van der Waals surface area (Å²) in [5.74, 6) is 1.40. The molecule has 7 heteroatoms. The standard InChI is InChI=1S/C60H41N7/c61-58(49-30-14-13-27-46(49)40-19-5-1-6-20-40)64-60(43-25-11-4-12-26-43)65-67-55-32-18-16-29-48(55)51-37-56-50(38-57(51)67)47-28-15-17-31-54(47)66(56)45-35-33-44(34-36-45)59-62-52(41-21-7-2-8-22-41)39-53(63-59)42-23-9-3-10-24-42/h1-39H,(H2,61,64,65). The predicted octanol–water partition coefficient (Wildman–Crippen LogP) is 14.4. The molecule has 12 aromatic rings. The molecule has 0 fully saturated rings. The molecule has 0 aliphatic heterocycles. The Morgan fingerprint density at radius 1 is 0.418 bits per heavy atom. The van der Waals surface area contributed by atoms with Crippen molar-refractivity contribution in [3.63, 3.8) is 0 Å². The van der Waals surface area contributed by atoms with E-state index in [4.69, 9.17) is 15.0 Å². The number of amidine groups is 2. The third kappa shape index (κ3) is 7.21. The Kier molecular flexibility index (Phi) is 9.84. The molecule has 7 nitrogen and oxygen atoms in total. The molecule has 0 atom stereocenters. The van der Waals surface area contributed by atoms with E-state index in [1.165, 1.54) is 0 Å². The van der Waals surface area contributed by atoms with Crippen molar-refractivity contribution in [3.8, 4) is 50.7 Å². The SMILES string of the molecule is N=C(N=C(Nn1c2ccccc2c2cc3c(cc21)c1ccccc1n3-c1ccc(-c2nc(-c3ccccc3)cc(-c3ccccc3)n2)cc1)c1ccccc1)c1ccccc1-c1ccccc1. The molecule has 0 saturated carbocycles. The lowest BCUT2D eigenvalue weighted by Gasteiger charge is -2.15. The first-order valence-electron chi connectivity index (χ1n) is 22.4.